The third-order valence-electron chi connectivity index (χ3n) is 2.30. The molecular weight excluding hydrogens is 245 g/mol. The monoisotopic (exact) mass is 252 g/mol. The molecule has 0 aliphatic rings. The van der Waals surface area contributed by atoms with E-state index in [0.29, 0.717) is 5.69 Å². The number of hydrogen-bond donors (Lipinski definition) is 1. The second-order valence-corrected chi connectivity index (χ2v) is 3.56. The minimum atomic E-state index is -4.58. The number of nitriles is 1. The van der Waals surface area contributed by atoms with Crippen LogP contribution in [0.4, 0.5) is 18.9 Å². The molecular formula is C11H7F3N4. The van der Waals surface area contributed by atoms with E-state index in [1.807, 2.05) is 0 Å². The van der Waals surface area contributed by atoms with Gasteiger partial charge in [-0.05, 0) is 18.2 Å². The summed E-state index contributed by atoms with van der Waals surface area (Å²) < 4.78 is 39.4. The highest BCUT2D eigenvalue weighted by Gasteiger charge is 2.34. The predicted octanol–water partition coefficient (Wildman–Crippen LogP) is 2.34. The van der Waals surface area contributed by atoms with Crippen molar-refractivity contribution in [1.82, 2.24) is 9.78 Å². The first-order chi connectivity index (χ1) is 8.41. The Balaban J connectivity index is 2.57. The molecule has 0 amide bonds. The molecule has 0 aliphatic carbocycles. The molecule has 2 aromatic rings. The number of alkyl halides is 3. The number of halogens is 3. The maximum Gasteiger partial charge on any atom is 0.417 e. The first-order valence-electron chi connectivity index (χ1n) is 4.83. The van der Waals surface area contributed by atoms with Crippen LogP contribution in [0.3, 0.4) is 0 Å². The van der Waals surface area contributed by atoms with Crippen LogP contribution in [0, 0.1) is 11.3 Å². The molecule has 18 heavy (non-hydrogen) atoms. The van der Waals surface area contributed by atoms with E-state index in [1.165, 1.54) is 29.2 Å². The van der Waals surface area contributed by atoms with Crippen molar-refractivity contribution in [2.75, 3.05) is 5.73 Å². The van der Waals surface area contributed by atoms with E-state index in [2.05, 4.69) is 5.10 Å². The SMILES string of the molecule is N#Cc1ccc(-n2cc(N)cn2)cc1C(F)(F)F. The second-order valence-electron chi connectivity index (χ2n) is 3.56. The van der Waals surface area contributed by atoms with Crippen molar-refractivity contribution in [3.8, 4) is 11.8 Å². The molecule has 1 aromatic heterocycles. The van der Waals surface area contributed by atoms with Gasteiger partial charge in [-0.1, -0.05) is 0 Å². The summed E-state index contributed by atoms with van der Waals surface area (Å²) in [5, 5.41) is 12.5. The molecule has 92 valence electrons. The molecule has 7 heteroatoms. The molecule has 2 N–H and O–H groups in total. The predicted molar refractivity (Wildman–Crippen MR) is 57.7 cm³/mol. The highest BCUT2D eigenvalue weighted by Crippen LogP contribution is 2.33. The van der Waals surface area contributed by atoms with E-state index in [9.17, 15) is 13.2 Å². The maximum atomic E-state index is 12.7. The summed E-state index contributed by atoms with van der Waals surface area (Å²) in [5.74, 6) is 0. The van der Waals surface area contributed by atoms with Crippen LogP contribution in [0.2, 0.25) is 0 Å². The number of benzene rings is 1. The molecule has 0 saturated heterocycles. The highest BCUT2D eigenvalue weighted by atomic mass is 19.4. The van der Waals surface area contributed by atoms with Crippen molar-refractivity contribution in [2.24, 2.45) is 0 Å². The molecule has 0 aliphatic heterocycles. The van der Waals surface area contributed by atoms with Crippen LogP contribution < -0.4 is 5.73 Å². The Hall–Kier alpha value is -2.49. The van der Waals surface area contributed by atoms with Crippen molar-refractivity contribution in [1.29, 1.82) is 5.26 Å². The van der Waals surface area contributed by atoms with Crippen molar-refractivity contribution in [3.05, 3.63) is 41.7 Å². The van der Waals surface area contributed by atoms with Crippen molar-refractivity contribution < 1.29 is 13.2 Å². The zero-order valence-corrected chi connectivity index (χ0v) is 8.94. The van der Waals surface area contributed by atoms with Crippen LogP contribution in [0.15, 0.2) is 30.6 Å². The Morgan fingerprint density at radius 2 is 2.06 bits per heavy atom. The molecule has 4 nitrogen and oxygen atoms in total. The van der Waals surface area contributed by atoms with Crippen LogP contribution in [-0.4, -0.2) is 9.78 Å². The van der Waals surface area contributed by atoms with Gasteiger partial charge in [-0.3, -0.25) is 0 Å². The van der Waals surface area contributed by atoms with Crippen LogP contribution in [-0.2, 0) is 6.18 Å². The van der Waals surface area contributed by atoms with Gasteiger partial charge in [-0.15, -0.1) is 0 Å². The summed E-state index contributed by atoms with van der Waals surface area (Å²) in [6.45, 7) is 0. The van der Waals surface area contributed by atoms with Crippen LogP contribution in [0.1, 0.15) is 11.1 Å². The second kappa shape index (κ2) is 4.07. The number of rotatable bonds is 1. The van der Waals surface area contributed by atoms with E-state index < -0.39 is 17.3 Å². The lowest BCUT2D eigenvalue weighted by molar-refractivity contribution is -0.137. The fraction of sp³-hybridized carbons (Fsp3) is 0.0909. The summed E-state index contributed by atoms with van der Waals surface area (Å²) in [6.07, 6.45) is -1.87. The maximum absolute atomic E-state index is 12.7. The Bertz CT molecular complexity index is 622. The Kier molecular flexibility index (Phi) is 2.71. The third-order valence-corrected chi connectivity index (χ3v) is 2.30. The standard InChI is InChI=1S/C11H7F3N4/c12-11(13,14)10-3-9(2-1-7(10)4-15)18-6-8(16)5-17-18/h1-3,5-6H,16H2. The van der Waals surface area contributed by atoms with E-state index >= 15 is 0 Å². The van der Waals surface area contributed by atoms with Gasteiger partial charge in [0.15, 0.2) is 0 Å². The molecule has 0 saturated carbocycles. The average Bonchev–Trinajstić information content (AvgIpc) is 2.74. The van der Waals surface area contributed by atoms with Crippen LogP contribution >= 0.6 is 0 Å². The summed E-state index contributed by atoms with van der Waals surface area (Å²) >= 11 is 0. The number of hydrogen-bond acceptors (Lipinski definition) is 3. The summed E-state index contributed by atoms with van der Waals surface area (Å²) in [7, 11) is 0. The van der Waals surface area contributed by atoms with Gasteiger partial charge in [0.2, 0.25) is 0 Å². The third kappa shape index (κ3) is 2.13. The molecule has 0 spiro atoms. The number of anilines is 1. The minimum absolute atomic E-state index is 0.193. The summed E-state index contributed by atoms with van der Waals surface area (Å²) in [6, 6.07) is 4.86. The van der Waals surface area contributed by atoms with Gasteiger partial charge in [0.25, 0.3) is 0 Å². The van der Waals surface area contributed by atoms with E-state index in [1.54, 1.807) is 0 Å². The number of nitrogen functional groups attached to an aromatic ring is 1. The lowest BCUT2D eigenvalue weighted by Crippen LogP contribution is -2.09. The van der Waals surface area contributed by atoms with Crippen molar-refractivity contribution in [3.63, 3.8) is 0 Å². The van der Waals surface area contributed by atoms with Gasteiger partial charge in [-0.2, -0.15) is 23.5 Å². The Labute approximate surface area is 100 Å². The molecule has 1 heterocycles. The topological polar surface area (TPSA) is 67.6 Å². The zero-order chi connectivity index (χ0) is 13.3. The van der Waals surface area contributed by atoms with Gasteiger partial charge in [-0.25, -0.2) is 4.68 Å². The minimum Gasteiger partial charge on any atom is -0.396 e. The molecule has 0 fully saturated rings. The van der Waals surface area contributed by atoms with Crippen LogP contribution in [0.25, 0.3) is 5.69 Å². The smallest absolute Gasteiger partial charge is 0.396 e. The normalized spacial score (nSPS) is 11.2. The largest absolute Gasteiger partial charge is 0.417 e. The highest BCUT2D eigenvalue weighted by molar-refractivity contribution is 5.48. The van der Waals surface area contributed by atoms with E-state index in [0.717, 1.165) is 12.1 Å². The van der Waals surface area contributed by atoms with Gasteiger partial charge >= 0.3 is 6.18 Å². The van der Waals surface area contributed by atoms with Gasteiger partial charge in [0.05, 0.1) is 41.0 Å². The van der Waals surface area contributed by atoms with Gasteiger partial charge in [0, 0.05) is 0 Å². The fourth-order valence-electron chi connectivity index (χ4n) is 1.48. The van der Waals surface area contributed by atoms with Crippen molar-refractivity contribution in [2.45, 2.75) is 6.18 Å². The number of nitrogens with zero attached hydrogens (tertiary/aromatic N) is 3. The first-order valence-corrected chi connectivity index (χ1v) is 4.83. The summed E-state index contributed by atoms with van der Waals surface area (Å²) in [5.41, 5.74) is 4.56. The van der Waals surface area contributed by atoms with Crippen LogP contribution in [0.5, 0.6) is 0 Å². The fourth-order valence-corrected chi connectivity index (χ4v) is 1.48. The quantitative estimate of drug-likeness (QED) is 0.847. The Morgan fingerprint density at radius 3 is 2.56 bits per heavy atom. The van der Waals surface area contributed by atoms with Crippen molar-refractivity contribution >= 4 is 5.69 Å². The van der Waals surface area contributed by atoms with Gasteiger partial charge in [0.1, 0.15) is 0 Å². The zero-order valence-electron chi connectivity index (χ0n) is 8.94. The summed E-state index contributed by atoms with van der Waals surface area (Å²) in [4.78, 5) is 0. The molecule has 2 rings (SSSR count). The molecule has 0 bridgehead atoms. The number of nitrogens with two attached hydrogens (primary N) is 1. The Morgan fingerprint density at radius 1 is 1.33 bits per heavy atom. The molecule has 0 atom stereocenters. The van der Waals surface area contributed by atoms with E-state index in [4.69, 9.17) is 11.0 Å². The van der Waals surface area contributed by atoms with E-state index in [-0.39, 0.29) is 5.69 Å². The van der Waals surface area contributed by atoms with Gasteiger partial charge < -0.3 is 5.73 Å². The lowest BCUT2D eigenvalue weighted by Gasteiger charge is -2.10. The average molecular weight is 252 g/mol. The lowest BCUT2D eigenvalue weighted by atomic mass is 10.1. The first kappa shape index (κ1) is 12.0. The molecule has 1 aromatic carbocycles. The number of aromatic nitrogens is 2. The molecule has 0 radical (unpaired) electrons. The molecule has 0 unspecified atom stereocenters.